The van der Waals surface area contributed by atoms with Crippen LogP contribution in [0, 0.1) is 0 Å². The molecule has 0 atom stereocenters. The highest BCUT2D eigenvalue weighted by atomic mass is 79.9. The van der Waals surface area contributed by atoms with Crippen LogP contribution in [0.2, 0.25) is 0 Å². The fourth-order valence-corrected chi connectivity index (χ4v) is 4.37. The number of alkyl halides is 1. The molecule has 0 N–H and O–H groups in total. The average Bonchev–Trinajstić information content (AvgIpc) is 2.77. The van der Waals surface area contributed by atoms with Crippen LogP contribution in [0.25, 0.3) is 0 Å². The molecule has 0 aliphatic carbocycles. The summed E-state index contributed by atoms with van der Waals surface area (Å²) in [5, 5.41) is 1.01. The van der Waals surface area contributed by atoms with Gasteiger partial charge in [0.05, 0.1) is 6.61 Å². The van der Waals surface area contributed by atoms with Crippen molar-refractivity contribution >= 4 is 22.1 Å². The zero-order valence-electron chi connectivity index (χ0n) is 20.9. The van der Waals surface area contributed by atoms with Gasteiger partial charge in [0.15, 0.2) is 0 Å². The Morgan fingerprint density at radius 2 is 1.03 bits per heavy atom. The van der Waals surface area contributed by atoms with Gasteiger partial charge < -0.3 is 9.47 Å². The van der Waals surface area contributed by atoms with E-state index in [1.54, 1.807) is 0 Å². The standard InChI is InChI=1S/C27H53BrO3/c1-3-5-7-9-11-13-15-18-22-26(23-19-16-14-12-10-8-6-4-2)31-27(29)30-25-21-17-20-24-28/h26H,3-25H2,1-2H3. The number of unbranched alkanes of at least 4 members (excludes halogenated alkanes) is 16. The van der Waals surface area contributed by atoms with Crippen LogP contribution >= 0.6 is 15.9 Å². The van der Waals surface area contributed by atoms with Crippen molar-refractivity contribution in [2.24, 2.45) is 0 Å². The minimum atomic E-state index is -0.456. The molecule has 4 heteroatoms. The summed E-state index contributed by atoms with van der Waals surface area (Å²) in [5.41, 5.74) is 0. The molecule has 0 fully saturated rings. The summed E-state index contributed by atoms with van der Waals surface area (Å²) >= 11 is 3.43. The van der Waals surface area contributed by atoms with Gasteiger partial charge in [-0.2, -0.15) is 0 Å². The first-order valence-corrected chi connectivity index (χ1v) is 14.8. The number of hydrogen-bond donors (Lipinski definition) is 0. The number of rotatable bonds is 24. The van der Waals surface area contributed by atoms with Crippen LogP contribution in [0.15, 0.2) is 0 Å². The summed E-state index contributed by atoms with van der Waals surface area (Å²) in [6.07, 6.45) is 25.7. The lowest BCUT2D eigenvalue weighted by Gasteiger charge is -2.18. The number of halogens is 1. The van der Waals surface area contributed by atoms with Gasteiger partial charge in [0.1, 0.15) is 6.10 Å². The van der Waals surface area contributed by atoms with Gasteiger partial charge in [-0.25, -0.2) is 4.79 Å². The van der Waals surface area contributed by atoms with Crippen molar-refractivity contribution in [2.75, 3.05) is 11.9 Å². The second-order valence-corrected chi connectivity index (χ2v) is 9.91. The molecule has 0 saturated heterocycles. The lowest BCUT2D eigenvalue weighted by Crippen LogP contribution is -2.19. The van der Waals surface area contributed by atoms with Crippen molar-refractivity contribution in [1.29, 1.82) is 0 Å². The molecule has 0 aliphatic rings. The van der Waals surface area contributed by atoms with E-state index in [0.717, 1.165) is 50.3 Å². The van der Waals surface area contributed by atoms with Crippen molar-refractivity contribution in [3.05, 3.63) is 0 Å². The Bertz CT molecular complexity index is 342. The van der Waals surface area contributed by atoms with Crippen LogP contribution in [0.3, 0.4) is 0 Å². The molecule has 0 aromatic carbocycles. The Morgan fingerprint density at radius 3 is 1.48 bits per heavy atom. The summed E-state index contributed by atoms with van der Waals surface area (Å²) < 4.78 is 11.0. The minimum Gasteiger partial charge on any atom is -0.434 e. The third-order valence-electron chi connectivity index (χ3n) is 6.02. The zero-order chi connectivity index (χ0) is 22.8. The normalized spacial score (nSPS) is 11.2. The van der Waals surface area contributed by atoms with E-state index in [9.17, 15) is 4.79 Å². The fraction of sp³-hybridized carbons (Fsp3) is 0.963. The maximum atomic E-state index is 12.1. The Kier molecular flexibility index (Phi) is 25.8. The second kappa shape index (κ2) is 26.0. The number of hydrogen-bond acceptors (Lipinski definition) is 3. The van der Waals surface area contributed by atoms with E-state index < -0.39 is 6.16 Å². The number of carbonyl (C=O) groups is 1. The van der Waals surface area contributed by atoms with E-state index in [-0.39, 0.29) is 6.10 Å². The van der Waals surface area contributed by atoms with Crippen LogP contribution < -0.4 is 0 Å². The maximum absolute atomic E-state index is 12.1. The molecule has 31 heavy (non-hydrogen) atoms. The first-order chi connectivity index (χ1) is 15.2. The summed E-state index contributed by atoms with van der Waals surface area (Å²) in [5.74, 6) is 0. The summed E-state index contributed by atoms with van der Waals surface area (Å²) in [7, 11) is 0. The van der Waals surface area contributed by atoms with E-state index in [2.05, 4.69) is 29.8 Å². The van der Waals surface area contributed by atoms with Crippen molar-refractivity contribution in [1.82, 2.24) is 0 Å². The molecule has 0 rings (SSSR count). The Hall–Kier alpha value is -0.250. The van der Waals surface area contributed by atoms with E-state index in [1.807, 2.05) is 0 Å². The van der Waals surface area contributed by atoms with Gasteiger partial charge in [-0.3, -0.25) is 0 Å². The lowest BCUT2D eigenvalue weighted by molar-refractivity contribution is 0.0155. The second-order valence-electron chi connectivity index (χ2n) is 9.12. The predicted molar refractivity (Wildman–Crippen MR) is 138 cm³/mol. The average molecular weight is 506 g/mol. The van der Waals surface area contributed by atoms with Crippen molar-refractivity contribution < 1.29 is 14.3 Å². The minimum absolute atomic E-state index is 0.0372. The van der Waals surface area contributed by atoms with E-state index in [4.69, 9.17) is 9.47 Å². The fourth-order valence-electron chi connectivity index (χ4n) is 3.97. The van der Waals surface area contributed by atoms with Gasteiger partial charge >= 0.3 is 6.16 Å². The quantitative estimate of drug-likeness (QED) is 0.0744. The maximum Gasteiger partial charge on any atom is 0.508 e. The first kappa shape index (κ1) is 30.8. The zero-order valence-corrected chi connectivity index (χ0v) is 22.5. The Balaban J connectivity index is 4.01. The van der Waals surface area contributed by atoms with Gasteiger partial charge in [0.2, 0.25) is 0 Å². The molecule has 0 aromatic heterocycles. The molecule has 0 amide bonds. The monoisotopic (exact) mass is 504 g/mol. The molecule has 0 saturated carbocycles. The third-order valence-corrected chi connectivity index (χ3v) is 6.58. The molecule has 0 bridgehead atoms. The van der Waals surface area contributed by atoms with E-state index in [0.29, 0.717) is 6.61 Å². The van der Waals surface area contributed by atoms with Crippen molar-refractivity contribution in [3.8, 4) is 0 Å². The highest BCUT2D eigenvalue weighted by Gasteiger charge is 2.15. The first-order valence-electron chi connectivity index (χ1n) is 13.6. The molecule has 0 aliphatic heterocycles. The summed E-state index contributed by atoms with van der Waals surface area (Å²) in [6.45, 7) is 5.01. The van der Waals surface area contributed by atoms with Gasteiger partial charge in [0, 0.05) is 5.33 Å². The number of ether oxygens (including phenoxy) is 2. The Morgan fingerprint density at radius 1 is 0.613 bits per heavy atom. The molecular formula is C27H53BrO3. The predicted octanol–water partition coefficient (Wildman–Crippen LogP) is 10.1. The molecule has 0 spiro atoms. The van der Waals surface area contributed by atoms with Crippen LogP contribution in [-0.4, -0.2) is 24.2 Å². The van der Waals surface area contributed by atoms with Crippen LogP contribution in [-0.2, 0) is 9.47 Å². The van der Waals surface area contributed by atoms with Crippen LogP contribution in [0.1, 0.15) is 149 Å². The summed E-state index contributed by atoms with van der Waals surface area (Å²) in [6, 6.07) is 0. The summed E-state index contributed by atoms with van der Waals surface area (Å²) in [4.78, 5) is 12.1. The Labute approximate surface area is 202 Å². The van der Waals surface area contributed by atoms with Gasteiger partial charge in [-0.1, -0.05) is 120 Å². The SMILES string of the molecule is CCCCCCCCCCC(CCCCCCCCCC)OC(=O)OCCCCCBr. The largest absolute Gasteiger partial charge is 0.508 e. The smallest absolute Gasteiger partial charge is 0.434 e. The molecule has 186 valence electrons. The molecule has 0 heterocycles. The third kappa shape index (κ3) is 24.2. The van der Waals surface area contributed by atoms with Crippen molar-refractivity contribution in [3.63, 3.8) is 0 Å². The lowest BCUT2D eigenvalue weighted by atomic mass is 10.0. The highest BCUT2D eigenvalue weighted by molar-refractivity contribution is 9.09. The van der Waals surface area contributed by atoms with Crippen LogP contribution in [0.4, 0.5) is 4.79 Å². The molecule has 0 radical (unpaired) electrons. The molecule has 0 aromatic rings. The van der Waals surface area contributed by atoms with E-state index in [1.165, 1.54) is 89.9 Å². The molecule has 3 nitrogen and oxygen atoms in total. The highest BCUT2D eigenvalue weighted by Crippen LogP contribution is 2.18. The van der Waals surface area contributed by atoms with Gasteiger partial charge in [0.25, 0.3) is 0 Å². The topological polar surface area (TPSA) is 35.5 Å². The van der Waals surface area contributed by atoms with E-state index >= 15 is 0 Å². The van der Waals surface area contributed by atoms with Crippen molar-refractivity contribution in [2.45, 2.75) is 155 Å². The molecule has 0 unspecified atom stereocenters. The van der Waals surface area contributed by atoms with Gasteiger partial charge in [-0.05, 0) is 44.9 Å². The number of carbonyl (C=O) groups excluding carboxylic acids is 1. The molecular weight excluding hydrogens is 452 g/mol. The van der Waals surface area contributed by atoms with Gasteiger partial charge in [-0.15, -0.1) is 0 Å². The van der Waals surface area contributed by atoms with Crippen LogP contribution in [0.5, 0.6) is 0 Å².